The summed E-state index contributed by atoms with van der Waals surface area (Å²) in [5, 5.41) is 0. The van der Waals surface area contributed by atoms with Crippen molar-refractivity contribution in [2.45, 2.75) is 123 Å². The third kappa shape index (κ3) is 18.5. The van der Waals surface area contributed by atoms with Gasteiger partial charge in [0.2, 0.25) is 0 Å². The molecule has 0 unspecified atom stereocenters. The number of rotatable bonds is 23. The molecule has 0 amide bonds. The molecule has 0 aromatic rings. The smallest absolute Gasteiger partial charge is 0.311 e. The fraction of sp³-hybridized carbons (Fsp3) is 1.00. The molecule has 10 heteroatoms. The summed E-state index contributed by atoms with van der Waals surface area (Å²) in [6, 6.07) is 5.77. The molecule has 0 N–H and O–H groups in total. The predicted molar refractivity (Wildman–Crippen MR) is 159 cm³/mol. The van der Waals surface area contributed by atoms with Gasteiger partial charge in [0.1, 0.15) is 0 Å². The second kappa shape index (κ2) is 18.0. The summed E-state index contributed by atoms with van der Waals surface area (Å²) in [7, 11) is -7.26. The number of hydrogen-bond donors (Lipinski definition) is 0. The molecule has 0 atom stereocenters. The van der Waals surface area contributed by atoms with E-state index in [-0.39, 0.29) is 6.10 Å². The minimum Gasteiger partial charge on any atom is -0.437 e. The van der Waals surface area contributed by atoms with Crippen molar-refractivity contribution in [1.82, 2.24) is 0 Å². The number of ether oxygens (including phenoxy) is 3. The molecule has 0 aliphatic heterocycles. The van der Waals surface area contributed by atoms with Crippen LogP contribution in [0.2, 0.25) is 69.5 Å². The lowest BCUT2D eigenvalue weighted by molar-refractivity contribution is 0.0196. The van der Waals surface area contributed by atoms with Crippen molar-refractivity contribution in [1.29, 1.82) is 0 Å². The molecule has 0 aromatic heterocycles. The van der Waals surface area contributed by atoms with E-state index >= 15 is 0 Å². The Morgan fingerprint density at radius 1 is 0.571 bits per heavy atom. The SMILES string of the molecule is CC[Si](CC)(CC)OCCOCCC[Si](C)(C)O[Si](C)(C)O[Si](C)(C)CCCOCCOC(C)C. The molecular weight excluding hydrogens is 509 g/mol. The Labute approximate surface area is 222 Å². The summed E-state index contributed by atoms with van der Waals surface area (Å²) in [6.07, 6.45) is 2.34. The Morgan fingerprint density at radius 3 is 1.40 bits per heavy atom. The van der Waals surface area contributed by atoms with Gasteiger partial charge < -0.3 is 26.9 Å². The van der Waals surface area contributed by atoms with Gasteiger partial charge in [-0.25, -0.2) is 0 Å². The van der Waals surface area contributed by atoms with Crippen molar-refractivity contribution < 1.29 is 26.9 Å². The molecular formula is C25H60O6Si4. The molecule has 0 spiro atoms. The van der Waals surface area contributed by atoms with Gasteiger partial charge in [-0.2, -0.15) is 0 Å². The van der Waals surface area contributed by atoms with Gasteiger partial charge in [0, 0.05) is 13.2 Å². The largest absolute Gasteiger partial charge is 0.437 e. The molecule has 212 valence electrons. The van der Waals surface area contributed by atoms with E-state index in [2.05, 4.69) is 60.1 Å². The standard InChI is InChI=1S/C25H60O6Si4/c1-12-35(13-2,14-3)29-22-20-27-18-16-24-33(8,9)31-34(10,11)30-32(6,7)23-15-17-26-19-21-28-25(4)5/h25H,12-24H2,1-11H3. The molecule has 0 heterocycles. The summed E-state index contributed by atoms with van der Waals surface area (Å²) in [4.78, 5) is 0. The summed E-state index contributed by atoms with van der Waals surface area (Å²) >= 11 is 0. The van der Waals surface area contributed by atoms with Crippen LogP contribution >= 0.6 is 0 Å². The quantitative estimate of drug-likeness (QED) is 0.0946. The Hall–Kier alpha value is 0.628. The van der Waals surface area contributed by atoms with E-state index in [1.54, 1.807) is 0 Å². The Kier molecular flexibility index (Phi) is 18.3. The van der Waals surface area contributed by atoms with Gasteiger partial charge in [0.25, 0.3) is 0 Å². The summed E-state index contributed by atoms with van der Waals surface area (Å²) in [5.41, 5.74) is 0. The molecule has 0 saturated carbocycles. The zero-order chi connectivity index (χ0) is 27.0. The van der Waals surface area contributed by atoms with Crippen LogP contribution in [0.3, 0.4) is 0 Å². The summed E-state index contributed by atoms with van der Waals surface area (Å²) in [6.45, 7) is 28.9. The fourth-order valence-electron chi connectivity index (χ4n) is 4.57. The fourth-order valence-corrected chi connectivity index (χ4v) is 21.2. The monoisotopic (exact) mass is 568 g/mol. The van der Waals surface area contributed by atoms with Gasteiger partial charge in [-0.15, -0.1) is 0 Å². The topological polar surface area (TPSA) is 55.4 Å². The lowest BCUT2D eigenvalue weighted by Crippen LogP contribution is -2.52. The van der Waals surface area contributed by atoms with Crippen LogP contribution in [-0.2, 0) is 26.9 Å². The molecule has 0 aliphatic carbocycles. The van der Waals surface area contributed by atoms with Gasteiger partial charge in [0.15, 0.2) is 25.0 Å². The van der Waals surface area contributed by atoms with E-state index in [0.29, 0.717) is 19.8 Å². The van der Waals surface area contributed by atoms with Crippen LogP contribution in [0.4, 0.5) is 0 Å². The van der Waals surface area contributed by atoms with E-state index in [1.165, 1.54) is 18.1 Å². The van der Waals surface area contributed by atoms with Crippen LogP contribution in [0.5, 0.6) is 0 Å². The zero-order valence-electron chi connectivity index (χ0n) is 25.2. The van der Waals surface area contributed by atoms with Crippen molar-refractivity contribution in [2.75, 3.05) is 39.6 Å². The van der Waals surface area contributed by atoms with Crippen LogP contribution in [0.25, 0.3) is 0 Å². The van der Waals surface area contributed by atoms with Crippen LogP contribution in [0.15, 0.2) is 0 Å². The van der Waals surface area contributed by atoms with Crippen LogP contribution < -0.4 is 0 Å². The molecule has 0 saturated heterocycles. The highest BCUT2D eigenvalue weighted by atomic mass is 28.5. The van der Waals surface area contributed by atoms with E-state index in [1.807, 2.05) is 13.8 Å². The van der Waals surface area contributed by atoms with E-state index in [0.717, 1.165) is 44.8 Å². The first-order chi connectivity index (χ1) is 16.2. The highest BCUT2D eigenvalue weighted by molar-refractivity contribution is 6.87. The maximum atomic E-state index is 6.73. The highest BCUT2D eigenvalue weighted by Crippen LogP contribution is 2.26. The van der Waals surface area contributed by atoms with E-state index in [9.17, 15) is 0 Å². The second-order valence-corrected chi connectivity index (χ2v) is 28.8. The molecule has 0 radical (unpaired) electrons. The van der Waals surface area contributed by atoms with Gasteiger partial charge in [-0.3, -0.25) is 0 Å². The summed E-state index contributed by atoms with van der Waals surface area (Å²) in [5.74, 6) is 0. The van der Waals surface area contributed by atoms with Crippen molar-refractivity contribution in [2.24, 2.45) is 0 Å². The van der Waals surface area contributed by atoms with Crippen molar-refractivity contribution in [3.8, 4) is 0 Å². The van der Waals surface area contributed by atoms with Crippen molar-refractivity contribution in [3.63, 3.8) is 0 Å². The van der Waals surface area contributed by atoms with Crippen molar-refractivity contribution in [3.05, 3.63) is 0 Å². The van der Waals surface area contributed by atoms with Crippen LogP contribution in [-0.4, -0.2) is 79.3 Å². The maximum absolute atomic E-state index is 6.73. The molecule has 0 rings (SSSR count). The molecule has 0 bridgehead atoms. The lowest BCUT2D eigenvalue weighted by atomic mass is 10.5. The zero-order valence-corrected chi connectivity index (χ0v) is 29.2. The minimum atomic E-state index is -2.18. The second-order valence-electron chi connectivity index (χ2n) is 11.6. The maximum Gasteiger partial charge on any atom is 0.311 e. The van der Waals surface area contributed by atoms with E-state index in [4.69, 9.17) is 26.9 Å². The highest BCUT2D eigenvalue weighted by Gasteiger charge is 2.39. The van der Waals surface area contributed by atoms with Gasteiger partial charge in [-0.05, 0) is 96.2 Å². The average molecular weight is 569 g/mol. The Morgan fingerprint density at radius 2 is 1.00 bits per heavy atom. The molecule has 0 aromatic carbocycles. The van der Waals surface area contributed by atoms with E-state index < -0.39 is 33.5 Å². The minimum absolute atomic E-state index is 0.263. The van der Waals surface area contributed by atoms with Crippen LogP contribution in [0.1, 0.15) is 47.5 Å². The third-order valence-corrected chi connectivity index (χ3v) is 22.6. The predicted octanol–water partition coefficient (Wildman–Crippen LogP) is 7.39. The Bertz CT molecular complexity index is 520. The normalized spacial score (nSPS) is 13.7. The first-order valence-electron chi connectivity index (χ1n) is 14.0. The van der Waals surface area contributed by atoms with Gasteiger partial charge >= 0.3 is 8.56 Å². The molecule has 0 aliphatic rings. The third-order valence-electron chi connectivity index (χ3n) is 6.43. The van der Waals surface area contributed by atoms with Gasteiger partial charge in [0.05, 0.1) is 32.5 Å². The first-order valence-corrected chi connectivity index (χ1v) is 25.6. The molecule has 35 heavy (non-hydrogen) atoms. The van der Waals surface area contributed by atoms with Crippen LogP contribution in [0, 0.1) is 0 Å². The van der Waals surface area contributed by atoms with Crippen molar-refractivity contribution >= 4 is 33.5 Å². The first kappa shape index (κ1) is 35.6. The van der Waals surface area contributed by atoms with Gasteiger partial charge in [-0.1, -0.05) is 20.8 Å². The number of hydrogen-bond acceptors (Lipinski definition) is 6. The Balaban J connectivity index is 4.19. The average Bonchev–Trinajstić information content (AvgIpc) is 2.73. The molecule has 6 nitrogen and oxygen atoms in total. The summed E-state index contributed by atoms with van der Waals surface area (Å²) < 4.78 is 36.8. The molecule has 0 fully saturated rings. The lowest BCUT2D eigenvalue weighted by Gasteiger charge is -2.38.